The lowest BCUT2D eigenvalue weighted by Crippen LogP contribution is -2.23. The zero-order valence-corrected chi connectivity index (χ0v) is 12.3. The van der Waals surface area contributed by atoms with E-state index in [0.717, 1.165) is 16.1 Å². The number of amides is 1. The lowest BCUT2D eigenvalue weighted by atomic mass is 10.2. The van der Waals surface area contributed by atoms with Crippen LogP contribution in [-0.4, -0.2) is 15.9 Å². The van der Waals surface area contributed by atoms with Gasteiger partial charge in [0.15, 0.2) is 0 Å². The van der Waals surface area contributed by atoms with E-state index in [1.54, 1.807) is 29.9 Å². The van der Waals surface area contributed by atoms with Crippen molar-refractivity contribution in [2.24, 2.45) is 0 Å². The van der Waals surface area contributed by atoms with Gasteiger partial charge in [0.05, 0.1) is 0 Å². The first kappa shape index (κ1) is 14.3. The summed E-state index contributed by atoms with van der Waals surface area (Å²) in [6.07, 6.45) is 3.37. The van der Waals surface area contributed by atoms with Crippen molar-refractivity contribution in [1.29, 1.82) is 0 Å². The average molecular weight is 313 g/mol. The number of nitrogens with zero attached hydrogens (tertiary/aromatic N) is 2. The van der Waals surface area contributed by atoms with Crippen molar-refractivity contribution < 1.29 is 9.18 Å². The Morgan fingerprint density at radius 2 is 1.86 bits per heavy atom. The number of carbonyl (C=O) groups is 1. The third kappa shape index (κ3) is 3.35. The van der Waals surface area contributed by atoms with E-state index < -0.39 is 0 Å². The van der Waals surface area contributed by atoms with Gasteiger partial charge >= 0.3 is 0 Å². The van der Waals surface area contributed by atoms with E-state index in [1.807, 2.05) is 12.1 Å². The molecule has 1 N–H and O–H groups in total. The number of hydrogen-bond donors (Lipinski definition) is 1. The smallest absolute Gasteiger partial charge is 0.271 e. The van der Waals surface area contributed by atoms with Gasteiger partial charge in [-0.05, 0) is 29.8 Å². The van der Waals surface area contributed by atoms with Crippen LogP contribution in [0.3, 0.4) is 0 Å². The molecular weight excluding hydrogens is 301 g/mol. The summed E-state index contributed by atoms with van der Waals surface area (Å²) >= 11 is 1.41. The van der Waals surface area contributed by atoms with Crippen molar-refractivity contribution in [2.75, 3.05) is 0 Å². The molecule has 0 saturated heterocycles. The lowest BCUT2D eigenvalue weighted by Gasteiger charge is -2.03. The second kappa shape index (κ2) is 6.44. The van der Waals surface area contributed by atoms with Crippen LogP contribution in [0, 0.1) is 5.82 Å². The summed E-state index contributed by atoms with van der Waals surface area (Å²) in [4.78, 5) is 20.4. The fourth-order valence-electron chi connectivity index (χ4n) is 1.88. The molecule has 1 amide bonds. The molecule has 0 aliphatic heterocycles. The molecule has 0 radical (unpaired) electrons. The number of rotatable bonds is 4. The summed E-state index contributed by atoms with van der Waals surface area (Å²) < 4.78 is 12.8. The van der Waals surface area contributed by atoms with Gasteiger partial charge in [-0.25, -0.2) is 9.37 Å². The molecule has 0 saturated carbocycles. The van der Waals surface area contributed by atoms with Gasteiger partial charge in [0.2, 0.25) is 0 Å². The van der Waals surface area contributed by atoms with Crippen LogP contribution in [0.25, 0.3) is 10.6 Å². The summed E-state index contributed by atoms with van der Waals surface area (Å²) in [5, 5.41) is 5.26. The van der Waals surface area contributed by atoms with Crippen LogP contribution in [0.1, 0.15) is 16.1 Å². The predicted molar refractivity (Wildman–Crippen MR) is 82.9 cm³/mol. The van der Waals surface area contributed by atoms with Crippen LogP contribution in [0.5, 0.6) is 0 Å². The predicted octanol–water partition coefficient (Wildman–Crippen LogP) is 3.27. The first-order valence-corrected chi connectivity index (χ1v) is 7.49. The first-order valence-electron chi connectivity index (χ1n) is 6.61. The zero-order chi connectivity index (χ0) is 15.4. The van der Waals surface area contributed by atoms with Crippen molar-refractivity contribution in [3.63, 3.8) is 0 Å². The molecule has 0 aliphatic carbocycles. The molecule has 0 spiro atoms. The third-order valence-electron chi connectivity index (χ3n) is 3.03. The number of aromatic nitrogens is 2. The number of hydrogen-bond acceptors (Lipinski definition) is 4. The molecule has 110 valence electrons. The lowest BCUT2D eigenvalue weighted by molar-refractivity contribution is 0.0946. The van der Waals surface area contributed by atoms with Gasteiger partial charge in [0.25, 0.3) is 5.91 Å². The van der Waals surface area contributed by atoms with E-state index in [4.69, 9.17) is 0 Å². The van der Waals surface area contributed by atoms with E-state index in [-0.39, 0.29) is 11.7 Å². The number of carbonyl (C=O) groups excluding carboxylic acids is 1. The summed E-state index contributed by atoms with van der Waals surface area (Å²) in [5.74, 6) is -0.544. The van der Waals surface area contributed by atoms with E-state index in [9.17, 15) is 9.18 Å². The molecule has 0 fully saturated rings. The molecule has 0 bridgehead atoms. The fraction of sp³-hybridized carbons (Fsp3) is 0.0625. The van der Waals surface area contributed by atoms with Gasteiger partial charge in [-0.1, -0.05) is 12.1 Å². The number of benzene rings is 1. The molecule has 22 heavy (non-hydrogen) atoms. The Bertz CT molecular complexity index is 772. The Labute approximate surface area is 130 Å². The quantitative estimate of drug-likeness (QED) is 0.804. The van der Waals surface area contributed by atoms with Gasteiger partial charge in [-0.15, -0.1) is 11.3 Å². The molecular formula is C16H12FN3OS. The van der Waals surface area contributed by atoms with Crippen molar-refractivity contribution in [3.05, 3.63) is 71.2 Å². The average Bonchev–Trinajstić information content (AvgIpc) is 3.05. The maximum atomic E-state index is 12.8. The molecule has 2 aromatic heterocycles. The maximum absolute atomic E-state index is 12.8. The number of nitrogens with one attached hydrogen (secondary N) is 1. The molecule has 0 aliphatic rings. The minimum atomic E-state index is -0.295. The Morgan fingerprint density at radius 3 is 2.59 bits per heavy atom. The highest BCUT2D eigenvalue weighted by molar-refractivity contribution is 7.13. The highest BCUT2D eigenvalue weighted by atomic mass is 32.1. The second-order valence-corrected chi connectivity index (χ2v) is 5.44. The fourth-order valence-corrected chi connectivity index (χ4v) is 2.69. The SMILES string of the molecule is O=C(NCc1ccc(F)cc1)c1csc(-c2ccncc2)n1. The van der Waals surface area contributed by atoms with Crippen LogP contribution >= 0.6 is 11.3 Å². The van der Waals surface area contributed by atoms with E-state index in [1.165, 1.54) is 23.5 Å². The normalized spacial score (nSPS) is 10.4. The van der Waals surface area contributed by atoms with E-state index >= 15 is 0 Å². The largest absolute Gasteiger partial charge is 0.347 e. The summed E-state index contributed by atoms with van der Waals surface area (Å²) in [5.41, 5.74) is 2.14. The molecule has 0 atom stereocenters. The molecule has 2 heterocycles. The van der Waals surface area contributed by atoms with Crippen LogP contribution in [0.15, 0.2) is 54.2 Å². The first-order chi connectivity index (χ1) is 10.7. The zero-order valence-electron chi connectivity index (χ0n) is 11.5. The Hall–Kier alpha value is -2.60. The summed E-state index contributed by atoms with van der Waals surface area (Å²) in [7, 11) is 0. The molecule has 1 aromatic carbocycles. The van der Waals surface area contributed by atoms with Crippen molar-refractivity contribution in [3.8, 4) is 10.6 Å². The molecule has 0 unspecified atom stereocenters. The van der Waals surface area contributed by atoms with Gasteiger partial charge in [0, 0.05) is 29.9 Å². The van der Waals surface area contributed by atoms with E-state index in [0.29, 0.717) is 12.2 Å². The second-order valence-electron chi connectivity index (χ2n) is 4.58. The minimum Gasteiger partial charge on any atom is -0.347 e. The van der Waals surface area contributed by atoms with Gasteiger partial charge in [0.1, 0.15) is 16.5 Å². The molecule has 4 nitrogen and oxygen atoms in total. The number of halogens is 1. The van der Waals surface area contributed by atoms with Crippen LogP contribution in [0.4, 0.5) is 4.39 Å². The summed E-state index contributed by atoms with van der Waals surface area (Å²) in [6, 6.07) is 9.70. The van der Waals surface area contributed by atoms with Gasteiger partial charge < -0.3 is 5.32 Å². The van der Waals surface area contributed by atoms with Crippen molar-refractivity contribution in [1.82, 2.24) is 15.3 Å². The number of pyridine rings is 1. The van der Waals surface area contributed by atoms with Crippen LogP contribution < -0.4 is 5.32 Å². The van der Waals surface area contributed by atoms with Crippen LogP contribution in [-0.2, 0) is 6.54 Å². The Balaban J connectivity index is 1.66. The number of thiazole rings is 1. The molecule has 6 heteroatoms. The minimum absolute atomic E-state index is 0.249. The third-order valence-corrected chi connectivity index (χ3v) is 3.92. The summed E-state index contributed by atoms with van der Waals surface area (Å²) in [6.45, 7) is 0.335. The monoisotopic (exact) mass is 313 g/mol. The maximum Gasteiger partial charge on any atom is 0.271 e. The standard InChI is InChI=1S/C16H12FN3OS/c17-13-3-1-11(2-4-13)9-19-15(21)14-10-22-16(20-14)12-5-7-18-8-6-12/h1-8,10H,9H2,(H,19,21). The van der Waals surface area contributed by atoms with Gasteiger partial charge in [-0.2, -0.15) is 0 Å². The molecule has 3 rings (SSSR count). The Morgan fingerprint density at radius 1 is 1.14 bits per heavy atom. The van der Waals surface area contributed by atoms with Gasteiger partial charge in [-0.3, -0.25) is 9.78 Å². The Kier molecular flexibility index (Phi) is 4.20. The highest BCUT2D eigenvalue weighted by Crippen LogP contribution is 2.22. The van der Waals surface area contributed by atoms with Crippen molar-refractivity contribution in [2.45, 2.75) is 6.54 Å². The molecule has 3 aromatic rings. The van der Waals surface area contributed by atoms with E-state index in [2.05, 4.69) is 15.3 Å². The van der Waals surface area contributed by atoms with Crippen LogP contribution in [0.2, 0.25) is 0 Å². The topological polar surface area (TPSA) is 54.9 Å². The van der Waals surface area contributed by atoms with Crippen molar-refractivity contribution >= 4 is 17.2 Å². The highest BCUT2D eigenvalue weighted by Gasteiger charge is 2.11.